The Kier molecular flexibility index (Phi) is 4.32. The number of ether oxygens (including phenoxy) is 1. The molecule has 0 heterocycles. The number of nitro groups is 1. The van der Waals surface area contributed by atoms with Gasteiger partial charge < -0.3 is 10.5 Å². The van der Waals surface area contributed by atoms with E-state index in [-0.39, 0.29) is 5.69 Å². The van der Waals surface area contributed by atoms with Gasteiger partial charge in [-0.15, -0.1) is 0 Å². The Morgan fingerprint density at radius 3 is 2.45 bits per heavy atom. The molecule has 0 fully saturated rings. The van der Waals surface area contributed by atoms with Gasteiger partial charge in [-0.1, -0.05) is 18.2 Å². The van der Waals surface area contributed by atoms with Crippen LogP contribution in [-0.4, -0.2) is 18.6 Å². The fraction of sp³-hybridized carbons (Fsp3) is 0.200. The van der Waals surface area contributed by atoms with E-state index in [1.54, 1.807) is 19.2 Å². The smallest absolute Gasteiger partial charge is 0.269 e. The van der Waals surface area contributed by atoms with Gasteiger partial charge in [0.25, 0.3) is 5.69 Å². The number of benzene rings is 2. The van der Waals surface area contributed by atoms with Crippen LogP contribution in [0, 0.1) is 10.1 Å². The number of methoxy groups -OCH3 is 1. The largest absolute Gasteiger partial charge is 0.496 e. The normalized spacial score (nSPS) is 10.3. The maximum Gasteiger partial charge on any atom is 0.269 e. The minimum Gasteiger partial charge on any atom is -0.496 e. The van der Waals surface area contributed by atoms with Crippen molar-refractivity contribution >= 4 is 5.69 Å². The second kappa shape index (κ2) is 6.16. The van der Waals surface area contributed by atoms with E-state index in [2.05, 4.69) is 0 Å². The summed E-state index contributed by atoms with van der Waals surface area (Å²) in [7, 11) is 1.62. The first-order chi connectivity index (χ1) is 9.67. The molecular formula is C15H16N2O3. The molecule has 0 saturated carbocycles. The minimum atomic E-state index is -0.411. The van der Waals surface area contributed by atoms with E-state index >= 15 is 0 Å². The number of nitrogens with two attached hydrogens (primary N) is 1. The molecule has 0 bridgehead atoms. The molecule has 0 aliphatic carbocycles. The first kappa shape index (κ1) is 14.0. The van der Waals surface area contributed by atoms with Crippen LogP contribution >= 0.6 is 0 Å². The lowest BCUT2D eigenvalue weighted by Crippen LogP contribution is -2.04. The molecule has 2 aromatic carbocycles. The molecule has 0 aromatic heterocycles. The van der Waals surface area contributed by atoms with E-state index in [0.717, 1.165) is 28.9 Å². The van der Waals surface area contributed by atoms with Crippen LogP contribution in [0.25, 0.3) is 11.1 Å². The highest BCUT2D eigenvalue weighted by Crippen LogP contribution is 2.34. The summed E-state index contributed by atoms with van der Waals surface area (Å²) in [5.41, 5.74) is 8.49. The molecule has 0 amide bonds. The summed E-state index contributed by atoms with van der Waals surface area (Å²) < 4.78 is 5.47. The molecule has 2 rings (SSSR count). The standard InChI is InChI=1S/C15H16N2O3/c1-20-15-12(9-10-16)3-2-4-14(15)11-5-7-13(8-6-11)17(18)19/h2-8H,9-10,16H2,1H3. The van der Waals surface area contributed by atoms with E-state index in [4.69, 9.17) is 10.5 Å². The number of hydrogen-bond donors (Lipinski definition) is 1. The fourth-order valence-corrected chi connectivity index (χ4v) is 2.17. The van der Waals surface area contributed by atoms with Gasteiger partial charge >= 0.3 is 0 Å². The van der Waals surface area contributed by atoms with Gasteiger partial charge in [-0.25, -0.2) is 0 Å². The van der Waals surface area contributed by atoms with Crippen molar-refractivity contribution in [2.75, 3.05) is 13.7 Å². The molecule has 0 aliphatic heterocycles. The maximum absolute atomic E-state index is 10.7. The number of nitro benzene ring substituents is 1. The van der Waals surface area contributed by atoms with Crippen LogP contribution in [-0.2, 0) is 6.42 Å². The second-order valence-electron chi connectivity index (χ2n) is 4.34. The Bertz CT molecular complexity index is 609. The summed E-state index contributed by atoms with van der Waals surface area (Å²) >= 11 is 0. The van der Waals surface area contributed by atoms with Crippen LogP contribution in [0.1, 0.15) is 5.56 Å². The zero-order valence-electron chi connectivity index (χ0n) is 11.2. The van der Waals surface area contributed by atoms with Crippen LogP contribution in [0.3, 0.4) is 0 Å². The van der Waals surface area contributed by atoms with E-state index in [1.165, 1.54) is 12.1 Å². The molecule has 0 atom stereocenters. The highest BCUT2D eigenvalue weighted by atomic mass is 16.6. The molecule has 0 spiro atoms. The van der Waals surface area contributed by atoms with E-state index in [9.17, 15) is 10.1 Å². The van der Waals surface area contributed by atoms with Crippen LogP contribution in [0.4, 0.5) is 5.69 Å². The lowest BCUT2D eigenvalue weighted by Gasteiger charge is -2.13. The third-order valence-electron chi connectivity index (χ3n) is 3.10. The summed E-state index contributed by atoms with van der Waals surface area (Å²) in [6, 6.07) is 12.3. The van der Waals surface area contributed by atoms with Gasteiger partial charge in [-0.2, -0.15) is 0 Å². The quantitative estimate of drug-likeness (QED) is 0.670. The third kappa shape index (κ3) is 2.78. The SMILES string of the molecule is COc1c(CCN)cccc1-c1ccc([N+](=O)[O-])cc1. The molecule has 0 unspecified atom stereocenters. The third-order valence-corrected chi connectivity index (χ3v) is 3.10. The highest BCUT2D eigenvalue weighted by molar-refractivity contribution is 5.73. The summed E-state index contributed by atoms with van der Waals surface area (Å²) in [6.07, 6.45) is 0.726. The van der Waals surface area contributed by atoms with Crippen LogP contribution in [0.2, 0.25) is 0 Å². The van der Waals surface area contributed by atoms with Crippen molar-refractivity contribution in [3.63, 3.8) is 0 Å². The number of hydrogen-bond acceptors (Lipinski definition) is 4. The zero-order chi connectivity index (χ0) is 14.5. The van der Waals surface area contributed by atoms with Gasteiger partial charge in [-0.05, 0) is 36.2 Å². The van der Waals surface area contributed by atoms with Crippen molar-refractivity contribution in [1.82, 2.24) is 0 Å². The van der Waals surface area contributed by atoms with E-state index < -0.39 is 4.92 Å². The molecule has 0 radical (unpaired) electrons. The summed E-state index contributed by atoms with van der Waals surface area (Å²) in [4.78, 5) is 10.3. The van der Waals surface area contributed by atoms with Crippen molar-refractivity contribution in [1.29, 1.82) is 0 Å². The summed E-state index contributed by atoms with van der Waals surface area (Å²) in [5.74, 6) is 0.770. The molecule has 2 N–H and O–H groups in total. The fourth-order valence-electron chi connectivity index (χ4n) is 2.17. The van der Waals surface area contributed by atoms with Gasteiger partial charge in [0.05, 0.1) is 12.0 Å². The highest BCUT2D eigenvalue weighted by Gasteiger charge is 2.12. The average molecular weight is 272 g/mol. The molecule has 20 heavy (non-hydrogen) atoms. The Morgan fingerprint density at radius 2 is 1.90 bits per heavy atom. The minimum absolute atomic E-state index is 0.0748. The molecule has 5 heteroatoms. The molecule has 2 aromatic rings. The molecular weight excluding hydrogens is 256 g/mol. The van der Waals surface area contributed by atoms with Crippen LogP contribution in [0.15, 0.2) is 42.5 Å². The van der Waals surface area contributed by atoms with E-state index in [0.29, 0.717) is 6.54 Å². The number of para-hydroxylation sites is 1. The van der Waals surface area contributed by atoms with Gasteiger partial charge in [0.1, 0.15) is 5.75 Å². The second-order valence-corrected chi connectivity index (χ2v) is 4.34. The van der Waals surface area contributed by atoms with Crippen molar-refractivity contribution in [2.24, 2.45) is 5.73 Å². The Hall–Kier alpha value is -2.40. The maximum atomic E-state index is 10.7. The monoisotopic (exact) mass is 272 g/mol. The Balaban J connectivity index is 2.46. The first-order valence-corrected chi connectivity index (χ1v) is 6.28. The zero-order valence-corrected chi connectivity index (χ0v) is 11.2. The lowest BCUT2D eigenvalue weighted by molar-refractivity contribution is -0.384. The Morgan fingerprint density at radius 1 is 1.20 bits per heavy atom. The Labute approximate surface area is 117 Å². The topological polar surface area (TPSA) is 78.4 Å². The molecule has 5 nitrogen and oxygen atoms in total. The average Bonchev–Trinajstić information content (AvgIpc) is 2.47. The van der Waals surface area contributed by atoms with Gasteiger partial charge in [0.15, 0.2) is 0 Å². The van der Waals surface area contributed by atoms with Crippen molar-refractivity contribution in [3.05, 3.63) is 58.1 Å². The van der Waals surface area contributed by atoms with Crippen LogP contribution in [0.5, 0.6) is 5.75 Å². The predicted molar refractivity (Wildman–Crippen MR) is 77.8 cm³/mol. The van der Waals surface area contributed by atoms with Crippen molar-refractivity contribution in [2.45, 2.75) is 6.42 Å². The lowest BCUT2D eigenvalue weighted by atomic mass is 9.99. The van der Waals surface area contributed by atoms with E-state index in [1.807, 2.05) is 18.2 Å². The number of rotatable bonds is 5. The number of non-ortho nitro benzene ring substituents is 1. The van der Waals surface area contributed by atoms with Gasteiger partial charge in [0, 0.05) is 17.7 Å². The van der Waals surface area contributed by atoms with Gasteiger partial charge in [0.2, 0.25) is 0 Å². The molecule has 0 saturated heterocycles. The predicted octanol–water partition coefficient (Wildman–Crippen LogP) is 2.77. The van der Waals surface area contributed by atoms with Gasteiger partial charge in [-0.3, -0.25) is 10.1 Å². The first-order valence-electron chi connectivity index (χ1n) is 6.28. The van der Waals surface area contributed by atoms with Crippen LogP contribution < -0.4 is 10.5 Å². The molecule has 0 aliphatic rings. The molecule has 104 valence electrons. The van der Waals surface area contributed by atoms with Crippen molar-refractivity contribution < 1.29 is 9.66 Å². The number of nitrogens with zero attached hydrogens (tertiary/aromatic N) is 1. The summed E-state index contributed by atoms with van der Waals surface area (Å²) in [6.45, 7) is 0.542. The summed E-state index contributed by atoms with van der Waals surface area (Å²) in [5, 5.41) is 10.7. The van der Waals surface area contributed by atoms with Crippen molar-refractivity contribution in [3.8, 4) is 16.9 Å².